The topological polar surface area (TPSA) is 69.6 Å². The first-order valence-corrected chi connectivity index (χ1v) is 4.82. The van der Waals surface area contributed by atoms with Gasteiger partial charge in [-0.25, -0.2) is 4.79 Å². The number of urea groups is 1. The van der Waals surface area contributed by atoms with Gasteiger partial charge in [-0.3, -0.25) is 4.79 Å². The molecule has 0 aromatic rings. The molecule has 0 heterocycles. The fraction of sp³-hybridized carbons (Fsp3) is 0.455. The number of carbonyl (C=O) groups is 2. The maximum atomic E-state index is 11.6. The van der Waals surface area contributed by atoms with Gasteiger partial charge in [0, 0.05) is 19.0 Å². The summed E-state index contributed by atoms with van der Waals surface area (Å²) in [6.45, 7) is 5.03. The van der Waals surface area contributed by atoms with Crippen LogP contribution in [0.15, 0.2) is 12.7 Å². The number of rotatable bonds is 6. The molecule has 0 aliphatic carbocycles. The smallest absolute Gasteiger partial charge is 0.323 e. The number of carboxylic acids is 1. The van der Waals surface area contributed by atoms with Crippen molar-refractivity contribution in [1.82, 2.24) is 10.2 Å². The molecule has 0 aliphatic rings. The first-order valence-electron chi connectivity index (χ1n) is 4.82. The number of carboxylic acid groups (broad SMARTS) is 1. The molecule has 0 saturated carbocycles. The van der Waals surface area contributed by atoms with E-state index in [0.717, 1.165) is 4.90 Å². The van der Waals surface area contributed by atoms with Crippen molar-refractivity contribution in [2.75, 3.05) is 13.1 Å². The molecule has 1 atom stereocenters. The van der Waals surface area contributed by atoms with Crippen molar-refractivity contribution in [3.63, 3.8) is 0 Å². The molecule has 0 rings (SSSR count). The van der Waals surface area contributed by atoms with Crippen molar-refractivity contribution >= 4 is 12.0 Å². The van der Waals surface area contributed by atoms with E-state index in [1.54, 1.807) is 6.92 Å². The summed E-state index contributed by atoms with van der Waals surface area (Å²) in [6.07, 6.45) is 6.97. The summed E-state index contributed by atoms with van der Waals surface area (Å²) in [5.41, 5.74) is 0. The van der Waals surface area contributed by atoms with Crippen molar-refractivity contribution in [2.24, 2.45) is 0 Å². The molecule has 5 nitrogen and oxygen atoms in total. The van der Waals surface area contributed by atoms with Gasteiger partial charge in [0.15, 0.2) is 0 Å². The summed E-state index contributed by atoms with van der Waals surface area (Å²) in [6, 6.07) is -0.635. The highest BCUT2D eigenvalue weighted by Crippen LogP contribution is 1.94. The second-order valence-corrected chi connectivity index (χ2v) is 3.32. The third-order valence-electron chi connectivity index (χ3n) is 1.76. The average molecular weight is 224 g/mol. The van der Waals surface area contributed by atoms with E-state index in [1.165, 1.54) is 6.08 Å². The van der Waals surface area contributed by atoms with E-state index < -0.39 is 12.0 Å². The van der Waals surface area contributed by atoms with Gasteiger partial charge in [0.1, 0.15) is 6.54 Å². The lowest BCUT2D eigenvalue weighted by Crippen LogP contribution is -2.45. The minimum Gasteiger partial charge on any atom is -0.480 e. The molecule has 0 aliphatic heterocycles. The van der Waals surface area contributed by atoms with Crippen LogP contribution in [-0.2, 0) is 4.79 Å². The minimum absolute atomic E-state index is 0.181. The third-order valence-corrected chi connectivity index (χ3v) is 1.76. The van der Waals surface area contributed by atoms with E-state index >= 15 is 0 Å². The molecule has 0 aromatic heterocycles. The van der Waals surface area contributed by atoms with Gasteiger partial charge >= 0.3 is 12.0 Å². The van der Waals surface area contributed by atoms with Crippen molar-refractivity contribution in [1.29, 1.82) is 0 Å². The number of terminal acetylenes is 1. The molecule has 2 amide bonds. The van der Waals surface area contributed by atoms with Crippen LogP contribution in [0.5, 0.6) is 0 Å². The lowest BCUT2D eigenvalue weighted by molar-refractivity contribution is -0.137. The summed E-state index contributed by atoms with van der Waals surface area (Å²) >= 11 is 0. The van der Waals surface area contributed by atoms with Crippen LogP contribution in [0.3, 0.4) is 0 Å². The molecule has 0 radical (unpaired) electrons. The average Bonchev–Trinajstić information content (AvgIpc) is 2.16. The van der Waals surface area contributed by atoms with Gasteiger partial charge in [0.25, 0.3) is 0 Å². The Morgan fingerprint density at radius 1 is 1.69 bits per heavy atom. The van der Waals surface area contributed by atoms with E-state index in [-0.39, 0.29) is 19.1 Å². The lowest BCUT2D eigenvalue weighted by atomic mass is 10.2. The van der Waals surface area contributed by atoms with Crippen molar-refractivity contribution < 1.29 is 14.7 Å². The zero-order valence-corrected chi connectivity index (χ0v) is 9.27. The van der Waals surface area contributed by atoms with E-state index in [9.17, 15) is 9.59 Å². The van der Waals surface area contributed by atoms with Crippen LogP contribution in [0.25, 0.3) is 0 Å². The van der Waals surface area contributed by atoms with Crippen LogP contribution in [0.4, 0.5) is 4.79 Å². The molecule has 2 N–H and O–H groups in total. The van der Waals surface area contributed by atoms with Crippen LogP contribution in [0.1, 0.15) is 13.3 Å². The van der Waals surface area contributed by atoms with Gasteiger partial charge in [0.2, 0.25) is 0 Å². The highest BCUT2D eigenvalue weighted by molar-refractivity contribution is 5.80. The number of nitrogens with one attached hydrogen (secondary N) is 1. The van der Waals surface area contributed by atoms with Crippen LogP contribution >= 0.6 is 0 Å². The maximum Gasteiger partial charge on any atom is 0.323 e. The number of aliphatic carboxylic acids is 1. The zero-order valence-electron chi connectivity index (χ0n) is 9.27. The molecular weight excluding hydrogens is 208 g/mol. The fourth-order valence-corrected chi connectivity index (χ4v) is 1.07. The van der Waals surface area contributed by atoms with Crippen LogP contribution < -0.4 is 5.32 Å². The summed E-state index contributed by atoms with van der Waals surface area (Å²) < 4.78 is 0. The summed E-state index contributed by atoms with van der Waals surface area (Å²) in [5.74, 6) is 1.35. The monoisotopic (exact) mass is 224 g/mol. The molecule has 1 unspecified atom stereocenters. The summed E-state index contributed by atoms with van der Waals surface area (Å²) in [5, 5.41) is 11.2. The summed E-state index contributed by atoms with van der Waals surface area (Å²) in [4.78, 5) is 23.2. The van der Waals surface area contributed by atoms with Crippen molar-refractivity contribution in [3.8, 4) is 12.3 Å². The molecule has 0 spiro atoms. The Morgan fingerprint density at radius 3 is 2.75 bits per heavy atom. The molecular formula is C11H16N2O3. The second kappa shape index (κ2) is 7.35. The van der Waals surface area contributed by atoms with E-state index in [0.29, 0.717) is 6.42 Å². The molecule has 5 heteroatoms. The Bertz CT molecular complexity index is 307. The largest absolute Gasteiger partial charge is 0.480 e. The highest BCUT2D eigenvalue weighted by atomic mass is 16.4. The van der Waals surface area contributed by atoms with Gasteiger partial charge in [-0.05, 0) is 6.92 Å². The molecule has 0 aromatic carbocycles. The van der Waals surface area contributed by atoms with Gasteiger partial charge in [-0.2, -0.15) is 0 Å². The van der Waals surface area contributed by atoms with Crippen molar-refractivity contribution in [3.05, 3.63) is 12.7 Å². The first kappa shape index (κ1) is 14.0. The van der Waals surface area contributed by atoms with Crippen molar-refractivity contribution in [2.45, 2.75) is 19.4 Å². The summed E-state index contributed by atoms with van der Waals surface area (Å²) in [7, 11) is 0. The normalized spacial score (nSPS) is 11.0. The van der Waals surface area contributed by atoms with E-state index in [2.05, 4.69) is 17.8 Å². The quantitative estimate of drug-likeness (QED) is 0.515. The fourth-order valence-electron chi connectivity index (χ4n) is 1.07. The van der Waals surface area contributed by atoms with Gasteiger partial charge in [-0.1, -0.05) is 6.08 Å². The SMILES string of the molecule is C#CCC(C)NC(=O)N(CC=C)CC(=O)O. The Hall–Kier alpha value is -1.96. The third kappa shape index (κ3) is 5.70. The molecule has 0 bridgehead atoms. The number of hydrogen-bond donors (Lipinski definition) is 2. The van der Waals surface area contributed by atoms with E-state index in [4.69, 9.17) is 11.5 Å². The van der Waals surface area contributed by atoms with Crippen LogP contribution in [0, 0.1) is 12.3 Å². The van der Waals surface area contributed by atoms with Crippen LogP contribution in [-0.4, -0.2) is 41.1 Å². The number of carbonyl (C=O) groups excluding carboxylic acids is 1. The molecule has 0 saturated heterocycles. The van der Waals surface area contributed by atoms with Gasteiger partial charge in [0.05, 0.1) is 0 Å². The van der Waals surface area contributed by atoms with Gasteiger partial charge in [-0.15, -0.1) is 18.9 Å². The predicted octanol–water partition coefficient (Wildman–Crippen LogP) is 0.680. The standard InChI is InChI=1S/C11H16N2O3/c1-4-6-9(3)12-11(16)13(7-5-2)8-10(14)15/h1,5,9H,2,6-8H2,3H3,(H,12,16)(H,14,15). The van der Waals surface area contributed by atoms with E-state index in [1.807, 2.05) is 0 Å². The zero-order chi connectivity index (χ0) is 12.6. The Kier molecular flexibility index (Phi) is 6.45. The highest BCUT2D eigenvalue weighted by Gasteiger charge is 2.16. The number of hydrogen-bond acceptors (Lipinski definition) is 2. The molecule has 88 valence electrons. The Balaban J connectivity index is 4.32. The number of amides is 2. The van der Waals surface area contributed by atoms with Gasteiger partial charge < -0.3 is 15.3 Å². The van der Waals surface area contributed by atoms with Crippen LogP contribution in [0.2, 0.25) is 0 Å². The Morgan fingerprint density at radius 2 is 2.31 bits per heavy atom. The number of nitrogens with zero attached hydrogens (tertiary/aromatic N) is 1. The first-order chi connectivity index (χ1) is 7.51. The molecule has 0 fully saturated rings. The predicted molar refractivity (Wildman–Crippen MR) is 60.8 cm³/mol. The molecule has 16 heavy (non-hydrogen) atoms. The maximum absolute atomic E-state index is 11.6. The lowest BCUT2D eigenvalue weighted by Gasteiger charge is -2.21. The Labute approximate surface area is 95.1 Å². The second-order valence-electron chi connectivity index (χ2n) is 3.32. The minimum atomic E-state index is -1.07.